The maximum Gasteiger partial charge on any atom is 0.311 e. The number of nitro groups is 1. The Bertz CT molecular complexity index is 959. The number of hydrogen-bond acceptors (Lipinski definition) is 7. The Morgan fingerprint density at radius 2 is 2.15 bits per heavy atom. The van der Waals surface area contributed by atoms with Crippen molar-refractivity contribution in [3.05, 3.63) is 52.8 Å². The van der Waals surface area contributed by atoms with Crippen LogP contribution >= 0.6 is 0 Å². The number of aliphatic hydroxyl groups excluding tert-OH is 1. The van der Waals surface area contributed by atoms with Crippen LogP contribution in [0.5, 0.6) is 0 Å². The van der Waals surface area contributed by atoms with Crippen molar-refractivity contribution in [1.29, 1.82) is 0 Å². The molecule has 4 N–H and O–H groups in total. The van der Waals surface area contributed by atoms with Gasteiger partial charge in [0, 0.05) is 29.4 Å². The second-order valence-corrected chi connectivity index (χ2v) is 6.72. The first-order valence-electron chi connectivity index (χ1n) is 8.85. The van der Waals surface area contributed by atoms with Gasteiger partial charge in [0.15, 0.2) is 0 Å². The minimum atomic E-state index is -0.629. The van der Waals surface area contributed by atoms with Crippen molar-refractivity contribution >= 4 is 28.1 Å². The van der Waals surface area contributed by atoms with E-state index >= 15 is 0 Å². The molecule has 3 unspecified atom stereocenters. The highest BCUT2D eigenvalue weighted by atomic mass is 16.6. The number of benzene rings is 1. The normalized spacial score (nSPS) is 22.5. The summed E-state index contributed by atoms with van der Waals surface area (Å²) in [4.78, 5) is 14.9. The molecule has 9 heteroatoms. The van der Waals surface area contributed by atoms with Gasteiger partial charge in [0.25, 0.3) is 0 Å². The van der Waals surface area contributed by atoms with Crippen LogP contribution in [0.2, 0.25) is 0 Å². The average Bonchev–Trinajstić information content (AvgIpc) is 3.12. The van der Waals surface area contributed by atoms with E-state index in [4.69, 9.17) is 0 Å². The highest BCUT2D eigenvalue weighted by Gasteiger charge is 2.34. The van der Waals surface area contributed by atoms with E-state index < -0.39 is 17.1 Å². The van der Waals surface area contributed by atoms with Crippen molar-refractivity contribution in [3.63, 3.8) is 0 Å². The second-order valence-electron chi connectivity index (χ2n) is 6.72. The molecular weight excluding hydrogens is 348 g/mol. The molecular formula is C18H20N6O3. The summed E-state index contributed by atoms with van der Waals surface area (Å²) in [6.45, 7) is 0. The number of aromatic amines is 1. The average molecular weight is 368 g/mol. The van der Waals surface area contributed by atoms with E-state index in [-0.39, 0.29) is 17.5 Å². The third-order valence-electron chi connectivity index (χ3n) is 4.94. The van der Waals surface area contributed by atoms with Crippen molar-refractivity contribution < 1.29 is 10.0 Å². The summed E-state index contributed by atoms with van der Waals surface area (Å²) in [7, 11) is 0. The highest BCUT2D eigenvalue weighted by molar-refractivity contribution is 5.81. The Kier molecular flexibility index (Phi) is 4.59. The first-order valence-corrected chi connectivity index (χ1v) is 8.85. The van der Waals surface area contributed by atoms with Crippen LogP contribution < -0.4 is 10.6 Å². The number of hydrogen-bond donors (Lipinski definition) is 4. The van der Waals surface area contributed by atoms with E-state index in [1.54, 1.807) is 6.20 Å². The van der Waals surface area contributed by atoms with Crippen molar-refractivity contribution in [3.8, 4) is 0 Å². The van der Waals surface area contributed by atoms with Crippen LogP contribution in [0, 0.1) is 10.1 Å². The van der Waals surface area contributed by atoms with E-state index in [1.807, 2.05) is 18.2 Å². The fourth-order valence-corrected chi connectivity index (χ4v) is 3.59. The zero-order valence-corrected chi connectivity index (χ0v) is 14.5. The van der Waals surface area contributed by atoms with Gasteiger partial charge in [0.1, 0.15) is 0 Å². The molecule has 1 aromatic carbocycles. The molecule has 2 aromatic heterocycles. The second kappa shape index (κ2) is 7.20. The SMILES string of the molecule is O=[N+]([O-])c1cccnc1NC1C(O)CCCC1Nc1ccc2[nH]ncc2c1. The van der Waals surface area contributed by atoms with Gasteiger partial charge >= 0.3 is 5.69 Å². The molecule has 0 radical (unpaired) electrons. The molecule has 27 heavy (non-hydrogen) atoms. The largest absolute Gasteiger partial charge is 0.391 e. The topological polar surface area (TPSA) is 129 Å². The van der Waals surface area contributed by atoms with E-state index in [9.17, 15) is 15.2 Å². The molecule has 0 saturated heterocycles. The smallest absolute Gasteiger partial charge is 0.311 e. The lowest BCUT2D eigenvalue weighted by atomic mass is 9.87. The van der Waals surface area contributed by atoms with Crippen LogP contribution in [0.15, 0.2) is 42.7 Å². The maximum absolute atomic E-state index is 11.3. The van der Waals surface area contributed by atoms with Gasteiger partial charge in [-0.25, -0.2) is 4.98 Å². The molecule has 0 amide bonds. The maximum atomic E-state index is 11.3. The van der Waals surface area contributed by atoms with Crippen molar-refractivity contribution in [2.75, 3.05) is 10.6 Å². The third kappa shape index (κ3) is 3.54. The fourth-order valence-electron chi connectivity index (χ4n) is 3.59. The van der Waals surface area contributed by atoms with E-state index in [0.29, 0.717) is 6.42 Å². The molecule has 9 nitrogen and oxygen atoms in total. The van der Waals surface area contributed by atoms with Crippen molar-refractivity contribution in [2.24, 2.45) is 0 Å². The van der Waals surface area contributed by atoms with E-state index in [0.717, 1.165) is 29.4 Å². The first kappa shape index (κ1) is 17.2. The fraction of sp³-hybridized carbons (Fsp3) is 0.333. The van der Waals surface area contributed by atoms with Gasteiger partial charge in [-0.1, -0.05) is 0 Å². The number of anilines is 2. The zero-order valence-electron chi connectivity index (χ0n) is 14.5. The predicted molar refractivity (Wildman–Crippen MR) is 102 cm³/mol. The molecule has 4 rings (SSSR count). The molecule has 1 fully saturated rings. The molecule has 3 atom stereocenters. The minimum Gasteiger partial charge on any atom is -0.391 e. The Morgan fingerprint density at radius 3 is 3.00 bits per heavy atom. The lowest BCUT2D eigenvalue weighted by Gasteiger charge is -2.37. The Morgan fingerprint density at radius 1 is 1.26 bits per heavy atom. The number of fused-ring (bicyclic) bond motifs is 1. The number of nitrogens with one attached hydrogen (secondary N) is 3. The Labute approximate surface area is 155 Å². The van der Waals surface area contributed by atoms with Crippen molar-refractivity contribution in [2.45, 2.75) is 37.5 Å². The number of rotatable bonds is 5. The molecule has 3 aromatic rings. The van der Waals surface area contributed by atoms with Gasteiger partial charge in [0.05, 0.1) is 28.8 Å². The first-order chi connectivity index (χ1) is 13.1. The zero-order chi connectivity index (χ0) is 18.8. The summed E-state index contributed by atoms with van der Waals surface area (Å²) in [6, 6.07) is 8.31. The van der Waals surface area contributed by atoms with Gasteiger partial charge in [-0.15, -0.1) is 0 Å². The molecule has 140 valence electrons. The number of pyridine rings is 1. The molecule has 0 spiro atoms. The lowest BCUT2D eigenvalue weighted by Crippen LogP contribution is -2.50. The molecule has 1 saturated carbocycles. The van der Waals surface area contributed by atoms with Gasteiger partial charge in [-0.2, -0.15) is 5.10 Å². The number of nitrogens with zero attached hydrogens (tertiary/aromatic N) is 3. The highest BCUT2D eigenvalue weighted by Crippen LogP contribution is 2.29. The van der Waals surface area contributed by atoms with E-state index in [1.165, 1.54) is 18.3 Å². The Hall–Kier alpha value is -3.20. The van der Waals surface area contributed by atoms with Crippen LogP contribution in [-0.4, -0.2) is 43.4 Å². The molecule has 0 bridgehead atoms. The van der Waals surface area contributed by atoms with Crippen LogP contribution in [0.25, 0.3) is 10.9 Å². The summed E-state index contributed by atoms with van der Waals surface area (Å²) in [6.07, 6.45) is 4.96. The van der Waals surface area contributed by atoms with Crippen LogP contribution in [0.1, 0.15) is 19.3 Å². The lowest BCUT2D eigenvalue weighted by molar-refractivity contribution is -0.384. The number of H-pyrrole nitrogens is 1. The van der Waals surface area contributed by atoms with Crippen LogP contribution in [0.4, 0.5) is 17.2 Å². The summed E-state index contributed by atoms with van der Waals surface area (Å²) < 4.78 is 0. The van der Waals surface area contributed by atoms with Gasteiger partial charge in [-0.05, 0) is 43.5 Å². The predicted octanol–water partition coefficient (Wildman–Crippen LogP) is 2.67. The minimum absolute atomic E-state index is 0.0975. The standard InChI is InChI=1S/C18H20N6O3/c25-16-5-1-3-14(21-12-6-7-13-11(9-12)10-20-23-13)17(16)22-18-15(24(26)27)4-2-8-19-18/h2,4,6-10,14,16-17,21,25H,1,3,5H2,(H,19,22)(H,20,23). The summed E-state index contributed by atoms with van der Waals surface area (Å²) in [5, 5.41) is 36.3. The number of aromatic nitrogens is 3. The summed E-state index contributed by atoms with van der Waals surface area (Å²) in [5.74, 6) is 0.172. The van der Waals surface area contributed by atoms with Crippen molar-refractivity contribution in [1.82, 2.24) is 15.2 Å². The van der Waals surface area contributed by atoms with Gasteiger partial charge in [0.2, 0.25) is 5.82 Å². The third-order valence-corrected chi connectivity index (χ3v) is 4.94. The Balaban J connectivity index is 1.58. The van der Waals surface area contributed by atoms with E-state index in [2.05, 4.69) is 25.8 Å². The molecule has 1 aliphatic carbocycles. The van der Waals surface area contributed by atoms with Crippen LogP contribution in [0.3, 0.4) is 0 Å². The molecule has 1 aliphatic rings. The molecule has 2 heterocycles. The monoisotopic (exact) mass is 368 g/mol. The number of aliphatic hydroxyl groups is 1. The van der Waals surface area contributed by atoms with Crippen LogP contribution in [-0.2, 0) is 0 Å². The quantitative estimate of drug-likeness (QED) is 0.402. The molecule has 0 aliphatic heterocycles. The summed E-state index contributed by atoms with van der Waals surface area (Å²) >= 11 is 0. The summed E-state index contributed by atoms with van der Waals surface area (Å²) in [5.41, 5.74) is 1.75. The van der Waals surface area contributed by atoms with Gasteiger partial charge in [-0.3, -0.25) is 15.2 Å². The van der Waals surface area contributed by atoms with Gasteiger partial charge < -0.3 is 15.7 Å².